The SMILES string of the molecule is CB(O)NC(Cc1ccccc1)C(=O)NC(=O)C(=O)N[C@H](Cc1ccccc1)C(=O)NCCNC(=O)[C@@H](Cc1ccccc1)NC(=O)CNC(=O)[C@H](Cc1ccccc1)NB(C)O. The zero-order valence-electron chi connectivity index (χ0n) is 35.2. The molecule has 10 N–H and O–H groups in total. The normalized spacial score (nSPS) is 12.6. The summed E-state index contributed by atoms with van der Waals surface area (Å²) >= 11 is 0. The Labute approximate surface area is 367 Å². The Bertz CT molecular complexity index is 2100. The summed E-state index contributed by atoms with van der Waals surface area (Å²) in [6.45, 7) is 2.24. The van der Waals surface area contributed by atoms with Gasteiger partial charge in [-0.05, 0) is 48.7 Å². The summed E-state index contributed by atoms with van der Waals surface area (Å²) in [6.07, 6.45) is 0.454. The molecule has 0 radical (unpaired) electrons. The average molecular weight is 861 g/mol. The first-order chi connectivity index (χ1) is 30.3. The van der Waals surface area contributed by atoms with Crippen molar-refractivity contribution < 1.29 is 43.6 Å². The number of carbonyl (C=O) groups is 7. The van der Waals surface area contributed by atoms with Crippen molar-refractivity contribution in [1.82, 2.24) is 42.4 Å². The number of imide groups is 1. The smallest absolute Gasteiger partial charge is 0.374 e. The molecule has 17 nitrogen and oxygen atoms in total. The van der Waals surface area contributed by atoms with Crippen molar-refractivity contribution in [2.24, 2.45) is 0 Å². The second kappa shape index (κ2) is 26.0. The summed E-state index contributed by atoms with van der Waals surface area (Å²) in [5.74, 6) is -5.83. The van der Waals surface area contributed by atoms with E-state index >= 15 is 0 Å². The van der Waals surface area contributed by atoms with Gasteiger partial charge < -0.3 is 47.1 Å². The van der Waals surface area contributed by atoms with E-state index in [1.807, 2.05) is 41.7 Å². The largest absolute Gasteiger partial charge is 0.437 e. The lowest BCUT2D eigenvalue weighted by Gasteiger charge is -2.21. The van der Waals surface area contributed by atoms with E-state index in [0.717, 1.165) is 16.7 Å². The number of amides is 7. The van der Waals surface area contributed by atoms with Crippen LogP contribution in [0, 0.1) is 0 Å². The Morgan fingerprint density at radius 1 is 0.444 bits per heavy atom. The predicted molar refractivity (Wildman–Crippen MR) is 238 cm³/mol. The molecular formula is C44H54B2N8O9. The van der Waals surface area contributed by atoms with E-state index in [-0.39, 0.29) is 38.8 Å². The Morgan fingerprint density at radius 2 is 0.778 bits per heavy atom. The highest BCUT2D eigenvalue weighted by Crippen LogP contribution is 2.08. The van der Waals surface area contributed by atoms with E-state index in [1.54, 1.807) is 84.9 Å². The highest BCUT2D eigenvalue weighted by atomic mass is 16.2. The van der Waals surface area contributed by atoms with Crippen molar-refractivity contribution in [2.45, 2.75) is 63.5 Å². The van der Waals surface area contributed by atoms with Gasteiger partial charge in [0.2, 0.25) is 29.5 Å². The molecule has 0 fully saturated rings. The summed E-state index contributed by atoms with van der Waals surface area (Å²) in [5, 5.41) is 40.3. The fourth-order valence-electron chi connectivity index (χ4n) is 6.49. The van der Waals surface area contributed by atoms with Gasteiger partial charge in [0.25, 0.3) is 0 Å². The minimum absolute atomic E-state index is 0.0178. The van der Waals surface area contributed by atoms with Crippen LogP contribution in [0.4, 0.5) is 0 Å². The topological polar surface area (TPSA) is 256 Å². The lowest BCUT2D eigenvalue weighted by molar-refractivity contribution is -0.143. The molecule has 4 aromatic carbocycles. The average Bonchev–Trinajstić information content (AvgIpc) is 3.27. The molecule has 0 aliphatic carbocycles. The molecule has 0 aromatic heterocycles. The fraction of sp³-hybridized carbons (Fsp3) is 0.295. The van der Waals surface area contributed by atoms with Crippen molar-refractivity contribution >= 4 is 55.5 Å². The second-order valence-electron chi connectivity index (χ2n) is 14.8. The van der Waals surface area contributed by atoms with Gasteiger partial charge >= 0.3 is 25.9 Å². The van der Waals surface area contributed by atoms with E-state index < -0.39 is 86.2 Å². The number of rotatable bonds is 23. The Balaban J connectivity index is 1.34. The standard InChI is InChI=1S/C44H54B2N8O9/c1-45(62)53-36(27-32-19-11-5-12-20-32)41(58)49-29-38(55)50-34(25-30-15-7-3-8-16-30)39(56)47-23-24-48-40(57)35(26-31-17-9-4-10-18-31)51-43(60)44(61)52-42(59)37(54-46(2)63)28-33-21-13-6-14-22-33/h3-22,34-37,53-54,62-63H,23-29H2,1-2H3,(H,47,56)(H,48,57)(H,49,58)(H,50,55)(H,51,60)(H,52,59,61)/t34-,35-,36+,37?/m1/s1. The van der Waals surface area contributed by atoms with E-state index in [0.29, 0.717) is 5.56 Å². The van der Waals surface area contributed by atoms with E-state index in [2.05, 4.69) is 37.0 Å². The zero-order valence-corrected chi connectivity index (χ0v) is 35.2. The van der Waals surface area contributed by atoms with Crippen LogP contribution in [0.5, 0.6) is 0 Å². The molecule has 63 heavy (non-hydrogen) atoms. The number of carbonyl (C=O) groups excluding carboxylic acids is 7. The molecule has 19 heteroatoms. The molecular weight excluding hydrogens is 806 g/mol. The van der Waals surface area contributed by atoms with Crippen LogP contribution in [0.25, 0.3) is 0 Å². The summed E-state index contributed by atoms with van der Waals surface area (Å²) in [6, 6.07) is 31.5. The molecule has 1 unspecified atom stereocenters. The summed E-state index contributed by atoms with van der Waals surface area (Å²) in [4.78, 5) is 92.3. The summed E-state index contributed by atoms with van der Waals surface area (Å²) in [7, 11) is -2.10. The van der Waals surface area contributed by atoms with Gasteiger partial charge in [-0.2, -0.15) is 0 Å². The number of hydrogen-bond acceptors (Lipinski definition) is 11. The molecule has 7 amide bonds. The summed E-state index contributed by atoms with van der Waals surface area (Å²) < 4.78 is 0. The molecule has 0 heterocycles. The van der Waals surface area contributed by atoms with Gasteiger partial charge in [-0.1, -0.05) is 121 Å². The number of hydrogen-bond donors (Lipinski definition) is 10. The molecule has 0 aliphatic heterocycles. The van der Waals surface area contributed by atoms with Crippen LogP contribution in [-0.4, -0.2) is 109 Å². The van der Waals surface area contributed by atoms with Gasteiger partial charge in [0, 0.05) is 25.9 Å². The monoisotopic (exact) mass is 860 g/mol. The third-order valence-corrected chi connectivity index (χ3v) is 9.51. The van der Waals surface area contributed by atoms with Gasteiger partial charge in [0.05, 0.1) is 18.6 Å². The van der Waals surface area contributed by atoms with Crippen LogP contribution in [0.3, 0.4) is 0 Å². The highest BCUT2D eigenvalue weighted by molar-refractivity contribution is 6.46. The van der Waals surface area contributed by atoms with Crippen molar-refractivity contribution in [1.29, 1.82) is 0 Å². The Hall–Kier alpha value is -6.66. The highest BCUT2D eigenvalue weighted by Gasteiger charge is 2.29. The van der Waals surface area contributed by atoms with Gasteiger partial charge in [-0.3, -0.25) is 38.9 Å². The van der Waals surface area contributed by atoms with Crippen LogP contribution in [0.15, 0.2) is 121 Å². The quantitative estimate of drug-likeness (QED) is 0.0247. The lowest BCUT2D eigenvalue weighted by Crippen LogP contribution is -2.56. The van der Waals surface area contributed by atoms with E-state index in [9.17, 15) is 43.6 Å². The maximum atomic E-state index is 13.5. The molecule has 0 saturated heterocycles. The van der Waals surface area contributed by atoms with Gasteiger partial charge in [-0.25, -0.2) is 0 Å². The van der Waals surface area contributed by atoms with Crippen LogP contribution in [0.2, 0.25) is 13.6 Å². The van der Waals surface area contributed by atoms with Gasteiger partial charge in [-0.15, -0.1) is 0 Å². The molecule has 4 atom stereocenters. The Kier molecular flexibility index (Phi) is 20.2. The zero-order chi connectivity index (χ0) is 45.6. The molecule has 4 aromatic rings. The lowest BCUT2D eigenvalue weighted by atomic mass is 9.86. The minimum Gasteiger partial charge on any atom is -0.437 e. The fourth-order valence-corrected chi connectivity index (χ4v) is 6.49. The van der Waals surface area contributed by atoms with Crippen LogP contribution >= 0.6 is 0 Å². The molecule has 0 aliphatic rings. The first kappa shape index (κ1) is 49.0. The summed E-state index contributed by atoms with van der Waals surface area (Å²) in [5.41, 5.74) is 2.99. The van der Waals surface area contributed by atoms with Crippen LogP contribution < -0.4 is 42.4 Å². The molecule has 0 bridgehead atoms. The van der Waals surface area contributed by atoms with Crippen molar-refractivity contribution in [3.05, 3.63) is 144 Å². The van der Waals surface area contributed by atoms with E-state index in [4.69, 9.17) is 0 Å². The van der Waals surface area contributed by atoms with Crippen molar-refractivity contribution in [2.75, 3.05) is 19.6 Å². The van der Waals surface area contributed by atoms with Crippen molar-refractivity contribution in [3.63, 3.8) is 0 Å². The molecule has 0 spiro atoms. The van der Waals surface area contributed by atoms with Crippen LogP contribution in [0.1, 0.15) is 22.3 Å². The maximum absolute atomic E-state index is 13.5. The third kappa shape index (κ3) is 18.1. The third-order valence-electron chi connectivity index (χ3n) is 9.51. The van der Waals surface area contributed by atoms with Crippen LogP contribution in [-0.2, 0) is 59.2 Å². The number of nitrogens with one attached hydrogen (secondary N) is 8. The van der Waals surface area contributed by atoms with Gasteiger partial charge in [0.1, 0.15) is 12.1 Å². The minimum atomic E-state index is -1.31. The maximum Gasteiger partial charge on any atom is 0.374 e. The first-order valence-corrected chi connectivity index (χ1v) is 20.6. The Morgan fingerprint density at radius 3 is 1.16 bits per heavy atom. The molecule has 0 saturated carbocycles. The second-order valence-corrected chi connectivity index (χ2v) is 14.8. The first-order valence-electron chi connectivity index (χ1n) is 20.6. The number of benzene rings is 4. The molecule has 330 valence electrons. The van der Waals surface area contributed by atoms with Gasteiger partial charge in [0.15, 0.2) is 0 Å². The van der Waals surface area contributed by atoms with E-state index in [1.165, 1.54) is 13.6 Å². The predicted octanol–water partition coefficient (Wildman–Crippen LogP) is -0.945. The van der Waals surface area contributed by atoms with Crippen molar-refractivity contribution in [3.8, 4) is 0 Å². The molecule has 4 rings (SSSR count).